The quantitative estimate of drug-likeness (QED) is 0.250. The zero-order chi connectivity index (χ0) is 30.5. The minimum atomic E-state index is -2.58. The minimum Gasteiger partial charge on any atom is -0.373 e. The van der Waals surface area contributed by atoms with Gasteiger partial charge in [-0.15, -0.1) is 5.10 Å². The van der Waals surface area contributed by atoms with Crippen LogP contribution in [0.5, 0.6) is 0 Å². The van der Waals surface area contributed by atoms with Crippen LogP contribution in [-0.4, -0.2) is 42.5 Å². The third-order valence-electron chi connectivity index (χ3n) is 7.85. The van der Waals surface area contributed by atoms with Crippen molar-refractivity contribution in [3.63, 3.8) is 0 Å². The lowest BCUT2D eigenvalue weighted by Crippen LogP contribution is -2.26. The van der Waals surface area contributed by atoms with E-state index < -0.39 is 18.0 Å². The first-order chi connectivity index (χ1) is 20.5. The molecule has 10 nitrogen and oxygen atoms in total. The fourth-order valence-corrected chi connectivity index (χ4v) is 5.26. The number of nitrogens with one attached hydrogen (secondary N) is 2. The summed E-state index contributed by atoms with van der Waals surface area (Å²) in [5.74, 6) is 0.587. The molecule has 1 atom stereocenters. The number of aromatic nitrogens is 6. The van der Waals surface area contributed by atoms with Crippen molar-refractivity contribution in [1.82, 2.24) is 29.5 Å². The van der Waals surface area contributed by atoms with Crippen molar-refractivity contribution in [2.75, 3.05) is 17.2 Å². The van der Waals surface area contributed by atoms with Crippen LogP contribution in [0.15, 0.2) is 59.9 Å². The molecule has 220 valence electrons. The largest absolute Gasteiger partial charge is 0.373 e. The Labute approximate surface area is 246 Å². The van der Waals surface area contributed by atoms with Crippen LogP contribution in [0.2, 0.25) is 0 Å². The Bertz CT molecular complexity index is 1950. The summed E-state index contributed by atoms with van der Waals surface area (Å²) in [6.07, 6.45) is 2.71. The lowest BCUT2D eigenvalue weighted by molar-refractivity contribution is 0.0593. The predicted molar refractivity (Wildman–Crippen MR) is 160 cm³/mol. The van der Waals surface area contributed by atoms with Crippen LogP contribution >= 0.6 is 0 Å². The molecule has 2 aromatic carbocycles. The van der Waals surface area contributed by atoms with Gasteiger partial charge in [-0.1, -0.05) is 38.1 Å². The summed E-state index contributed by atoms with van der Waals surface area (Å²) < 4.78 is 30.7. The van der Waals surface area contributed by atoms with E-state index in [1.54, 1.807) is 37.6 Å². The van der Waals surface area contributed by atoms with Gasteiger partial charge in [-0.05, 0) is 53.5 Å². The number of aryl methyl sites for hydroxylation is 1. The maximum absolute atomic E-state index is 13.9. The highest BCUT2D eigenvalue weighted by molar-refractivity contribution is 5.95. The van der Waals surface area contributed by atoms with Crippen LogP contribution in [0.25, 0.3) is 21.7 Å². The molecule has 1 aliphatic carbocycles. The van der Waals surface area contributed by atoms with Crippen LogP contribution in [0.1, 0.15) is 56.5 Å². The van der Waals surface area contributed by atoms with Crippen molar-refractivity contribution in [3.8, 4) is 6.07 Å². The van der Waals surface area contributed by atoms with Crippen molar-refractivity contribution in [1.29, 1.82) is 5.26 Å². The molecule has 1 unspecified atom stereocenters. The number of halogens is 2. The number of rotatable bonds is 8. The minimum absolute atomic E-state index is 0.0231. The van der Waals surface area contributed by atoms with Gasteiger partial charge in [0.05, 0.1) is 23.3 Å². The van der Waals surface area contributed by atoms with Gasteiger partial charge in [0.25, 0.3) is 12.0 Å². The summed E-state index contributed by atoms with van der Waals surface area (Å²) in [6.45, 7) is 6.95. The van der Waals surface area contributed by atoms with E-state index in [2.05, 4.69) is 57.8 Å². The fourth-order valence-electron chi connectivity index (χ4n) is 5.26. The van der Waals surface area contributed by atoms with E-state index >= 15 is 0 Å². The van der Waals surface area contributed by atoms with Crippen LogP contribution in [0, 0.1) is 16.7 Å². The van der Waals surface area contributed by atoms with Gasteiger partial charge >= 0.3 is 0 Å². The molecule has 0 aliphatic heterocycles. The van der Waals surface area contributed by atoms with Gasteiger partial charge in [-0.3, -0.25) is 4.79 Å². The van der Waals surface area contributed by atoms with Crippen molar-refractivity contribution in [2.24, 2.45) is 12.5 Å². The van der Waals surface area contributed by atoms with E-state index in [-0.39, 0.29) is 11.0 Å². The molecule has 2 N–H and O–H groups in total. The maximum atomic E-state index is 13.9. The molecule has 1 fully saturated rings. The highest BCUT2D eigenvalue weighted by Crippen LogP contribution is 2.48. The lowest BCUT2D eigenvalue weighted by Gasteiger charge is -2.22. The number of benzene rings is 2. The third kappa shape index (κ3) is 5.16. The smallest absolute Gasteiger partial charge is 0.263 e. The standard InChI is InChI=1S/C31H31F2N9O/c1-30(2,3)16-35-27-23-13-19(12-18(14-34)25(23)36-17-37-27)38-26(24-15-42(40-39-24)31(9-10-31)29(32)33)21-6-5-7-22-20(21)8-11-41(4)28(22)43/h5-8,11-13,15,17,26,29,38H,9-10,16H2,1-4H3,(H,35,36,37). The summed E-state index contributed by atoms with van der Waals surface area (Å²) >= 11 is 0. The number of nitriles is 1. The van der Waals surface area contributed by atoms with Gasteiger partial charge in [0.1, 0.15) is 29.4 Å². The molecule has 1 aliphatic rings. The first kappa shape index (κ1) is 28.2. The lowest BCUT2D eigenvalue weighted by atomic mass is 9.96. The average molecular weight is 584 g/mol. The zero-order valence-corrected chi connectivity index (χ0v) is 24.3. The molecule has 6 rings (SSSR count). The number of fused-ring (bicyclic) bond motifs is 2. The maximum Gasteiger partial charge on any atom is 0.263 e. The SMILES string of the molecule is Cn1ccc2c(C(Nc3cc(C#N)c4ncnc(NCC(C)(C)C)c4c3)c3cn(C4(C(F)F)CC4)nn3)cccc2c1=O. The molecule has 0 bridgehead atoms. The number of hydrogen-bond acceptors (Lipinski definition) is 8. The van der Waals surface area contributed by atoms with E-state index in [0.29, 0.717) is 69.4 Å². The van der Waals surface area contributed by atoms with Crippen LogP contribution < -0.4 is 16.2 Å². The molecule has 1 saturated carbocycles. The van der Waals surface area contributed by atoms with Crippen LogP contribution in [0.4, 0.5) is 20.3 Å². The first-order valence-electron chi connectivity index (χ1n) is 14.0. The molecule has 0 spiro atoms. The van der Waals surface area contributed by atoms with Gasteiger partial charge in [-0.25, -0.2) is 23.4 Å². The van der Waals surface area contributed by atoms with Gasteiger partial charge in [-0.2, -0.15) is 5.26 Å². The molecule has 0 saturated heterocycles. The topological polar surface area (TPSA) is 126 Å². The third-order valence-corrected chi connectivity index (χ3v) is 7.85. The Kier molecular flexibility index (Phi) is 6.83. The highest BCUT2D eigenvalue weighted by atomic mass is 19.3. The molecule has 3 heterocycles. The summed E-state index contributed by atoms with van der Waals surface area (Å²) in [4.78, 5) is 21.8. The number of pyridine rings is 1. The molecular formula is C31H31F2N9O. The molecular weight excluding hydrogens is 552 g/mol. The number of hydrogen-bond donors (Lipinski definition) is 2. The Morgan fingerprint density at radius 2 is 1.91 bits per heavy atom. The van der Waals surface area contributed by atoms with Crippen molar-refractivity contribution >= 4 is 33.2 Å². The second-order valence-electron chi connectivity index (χ2n) is 12.3. The van der Waals surface area contributed by atoms with Gasteiger partial charge < -0.3 is 15.2 Å². The van der Waals surface area contributed by atoms with Gasteiger partial charge in [0, 0.05) is 36.2 Å². The summed E-state index contributed by atoms with van der Waals surface area (Å²) in [6, 6.07) is 12.3. The molecule has 12 heteroatoms. The Hall–Kier alpha value is -4.92. The van der Waals surface area contributed by atoms with Crippen molar-refractivity contribution < 1.29 is 8.78 Å². The second-order valence-corrected chi connectivity index (χ2v) is 12.3. The first-order valence-corrected chi connectivity index (χ1v) is 14.0. The highest BCUT2D eigenvalue weighted by Gasteiger charge is 2.54. The van der Waals surface area contributed by atoms with Crippen LogP contribution in [-0.2, 0) is 12.6 Å². The molecule has 0 amide bonds. The number of nitrogens with zero attached hydrogens (tertiary/aromatic N) is 7. The molecule has 5 aromatic rings. The summed E-state index contributed by atoms with van der Waals surface area (Å²) in [5.41, 5.74) is 0.964. The predicted octanol–water partition coefficient (Wildman–Crippen LogP) is 5.36. The fraction of sp³-hybridized carbons (Fsp3) is 0.355. The van der Waals surface area contributed by atoms with Crippen molar-refractivity contribution in [2.45, 2.75) is 51.6 Å². The van der Waals surface area contributed by atoms with Gasteiger partial charge in [0.15, 0.2) is 0 Å². The van der Waals surface area contributed by atoms with E-state index in [9.17, 15) is 18.8 Å². The second kappa shape index (κ2) is 10.4. The Morgan fingerprint density at radius 1 is 1.12 bits per heavy atom. The normalized spacial score (nSPS) is 15.0. The number of anilines is 2. The number of alkyl halides is 2. The molecule has 0 radical (unpaired) electrons. The summed E-state index contributed by atoms with van der Waals surface area (Å²) in [7, 11) is 1.68. The molecule has 43 heavy (non-hydrogen) atoms. The van der Waals surface area contributed by atoms with E-state index in [4.69, 9.17) is 0 Å². The zero-order valence-electron chi connectivity index (χ0n) is 24.3. The van der Waals surface area contributed by atoms with Crippen LogP contribution in [0.3, 0.4) is 0 Å². The average Bonchev–Trinajstić information content (AvgIpc) is 3.66. The summed E-state index contributed by atoms with van der Waals surface area (Å²) in [5, 5.41) is 27.2. The van der Waals surface area contributed by atoms with E-state index in [1.165, 1.54) is 15.6 Å². The van der Waals surface area contributed by atoms with Gasteiger partial charge in [0.2, 0.25) is 0 Å². The Balaban J connectivity index is 1.50. The monoisotopic (exact) mass is 583 g/mol. The van der Waals surface area contributed by atoms with E-state index in [1.807, 2.05) is 18.2 Å². The van der Waals surface area contributed by atoms with Crippen molar-refractivity contribution in [3.05, 3.63) is 82.3 Å². The van der Waals surface area contributed by atoms with E-state index in [0.717, 1.165) is 0 Å². The molecule has 3 aromatic heterocycles. The Morgan fingerprint density at radius 3 is 2.60 bits per heavy atom.